The van der Waals surface area contributed by atoms with Gasteiger partial charge in [-0.05, 0) is 31.3 Å². The van der Waals surface area contributed by atoms with Gasteiger partial charge >= 0.3 is 0 Å². The number of rotatable bonds is 4. The molecule has 7 nitrogen and oxygen atoms in total. The van der Waals surface area contributed by atoms with Gasteiger partial charge in [0, 0.05) is 38.6 Å². The zero-order valence-electron chi connectivity index (χ0n) is 14.7. The van der Waals surface area contributed by atoms with Crippen LogP contribution in [0.2, 0.25) is 0 Å². The van der Waals surface area contributed by atoms with Crippen LogP contribution in [0.1, 0.15) is 0 Å². The normalized spacial score (nSPS) is 15.0. The predicted octanol–water partition coefficient (Wildman–Crippen LogP) is 2.43. The largest absolute Gasteiger partial charge is 0.368 e. The molecule has 4 rings (SSSR count). The fraction of sp³-hybridized carbons (Fsp3) is 0.263. The summed E-state index contributed by atoms with van der Waals surface area (Å²) in [7, 11) is 2.16. The number of hydrogen-bond acceptors (Lipinski definition) is 7. The maximum absolute atomic E-state index is 4.59. The third-order valence-electron chi connectivity index (χ3n) is 4.45. The lowest BCUT2D eigenvalue weighted by atomic mass is 10.2. The highest BCUT2D eigenvalue weighted by atomic mass is 15.2. The molecule has 1 fully saturated rings. The fourth-order valence-electron chi connectivity index (χ4n) is 2.92. The molecule has 26 heavy (non-hydrogen) atoms. The van der Waals surface area contributed by atoms with Crippen molar-refractivity contribution >= 4 is 17.3 Å². The Morgan fingerprint density at radius 3 is 2.46 bits per heavy atom. The van der Waals surface area contributed by atoms with Crippen molar-refractivity contribution in [2.75, 3.05) is 43.4 Å². The van der Waals surface area contributed by atoms with Crippen molar-refractivity contribution < 1.29 is 0 Å². The number of likely N-dealkylation sites (N-methyl/N-ethyl adjacent to an activating group) is 1. The predicted molar refractivity (Wildman–Crippen MR) is 102 cm³/mol. The quantitative estimate of drug-likeness (QED) is 0.777. The van der Waals surface area contributed by atoms with Crippen LogP contribution in [0, 0.1) is 0 Å². The number of aromatic nitrogens is 4. The molecule has 0 saturated carbocycles. The molecule has 0 aromatic carbocycles. The summed E-state index contributed by atoms with van der Waals surface area (Å²) < 4.78 is 0. The van der Waals surface area contributed by atoms with Gasteiger partial charge in [0.15, 0.2) is 0 Å². The third-order valence-corrected chi connectivity index (χ3v) is 4.45. The van der Waals surface area contributed by atoms with E-state index in [0.717, 1.165) is 54.9 Å². The van der Waals surface area contributed by atoms with Crippen LogP contribution in [0.3, 0.4) is 0 Å². The Morgan fingerprint density at radius 1 is 0.846 bits per heavy atom. The summed E-state index contributed by atoms with van der Waals surface area (Å²) in [4.78, 5) is 22.2. The molecule has 0 spiro atoms. The van der Waals surface area contributed by atoms with E-state index < -0.39 is 0 Å². The molecular weight excluding hydrogens is 326 g/mol. The average Bonchev–Trinajstić information content (AvgIpc) is 2.70. The monoisotopic (exact) mass is 347 g/mol. The first-order valence-electron chi connectivity index (χ1n) is 8.68. The Kier molecular flexibility index (Phi) is 4.70. The highest BCUT2D eigenvalue weighted by molar-refractivity contribution is 5.60. The molecule has 0 atom stereocenters. The number of nitrogens with one attached hydrogen (secondary N) is 1. The van der Waals surface area contributed by atoms with Crippen LogP contribution in [-0.2, 0) is 0 Å². The van der Waals surface area contributed by atoms with Gasteiger partial charge in [0.05, 0.1) is 23.8 Å². The molecule has 132 valence electrons. The van der Waals surface area contributed by atoms with Gasteiger partial charge in [0.1, 0.15) is 17.3 Å². The molecule has 1 aliphatic heterocycles. The van der Waals surface area contributed by atoms with Crippen molar-refractivity contribution in [3.05, 3.63) is 55.1 Å². The van der Waals surface area contributed by atoms with Gasteiger partial charge in [0.25, 0.3) is 0 Å². The second kappa shape index (κ2) is 7.45. The van der Waals surface area contributed by atoms with Crippen LogP contribution in [0.5, 0.6) is 0 Å². The molecule has 3 aromatic heterocycles. The molecular formula is C19H21N7. The minimum Gasteiger partial charge on any atom is -0.368 e. The van der Waals surface area contributed by atoms with Gasteiger partial charge in [0.2, 0.25) is 0 Å². The Hall–Kier alpha value is -3.06. The van der Waals surface area contributed by atoms with Gasteiger partial charge < -0.3 is 15.1 Å². The SMILES string of the molecule is CN1CCN(c2ccc(Nc3cccc(-c4cnccn4)n3)nc2)CC1. The van der Waals surface area contributed by atoms with E-state index in [4.69, 9.17) is 0 Å². The van der Waals surface area contributed by atoms with E-state index in [2.05, 4.69) is 48.2 Å². The lowest BCUT2D eigenvalue weighted by Crippen LogP contribution is -2.44. The van der Waals surface area contributed by atoms with Crippen LogP contribution in [-0.4, -0.2) is 58.1 Å². The van der Waals surface area contributed by atoms with Gasteiger partial charge in [-0.2, -0.15) is 0 Å². The summed E-state index contributed by atoms with van der Waals surface area (Å²) in [5, 5.41) is 3.25. The number of pyridine rings is 2. The Bertz CT molecular complexity index is 843. The van der Waals surface area contributed by atoms with Gasteiger partial charge in [-0.15, -0.1) is 0 Å². The second-order valence-electron chi connectivity index (χ2n) is 6.32. The molecule has 0 unspecified atom stereocenters. The number of anilines is 3. The van der Waals surface area contributed by atoms with E-state index in [-0.39, 0.29) is 0 Å². The lowest BCUT2D eigenvalue weighted by molar-refractivity contribution is 0.313. The second-order valence-corrected chi connectivity index (χ2v) is 6.32. The molecule has 0 bridgehead atoms. The van der Waals surface area contributed by atoms with Crippen molar-refractivity contribution in [1.82, 2.24) is 24.8 Å². The van der Waals surface area contributed by atoms with E-state index >= 15 is 0 Å². The molecule has 1 saturated heterocycles. The van der Waals surface area contributed by atoms with E-state index in [1.807, 2.05) is 30.5 Å². The van der Waals surface area contributed by atoms with Gasteiger partial charge in [-0.25, -0.2) is 9.97 Å². The number of piperazine rings is 1. The molecule has 3 aromatic rings. The van der Waals surface area contributed by atoms with E-state index in [1.165, 1.54) is 0 Å². The Balaban J connectivity index is 1.46. The summed E-state index contributed by atoms with van der Waals surface area (Å²) in [5.41, 5.74) is 2.68. The summed E-state index contributed by atoms with van der Waals surface area (Å²) in [6.45, 7) is 4.23. The molecule has 1 N–H and O–H groups in total. The summed E-state index contributed by atoms with van der Waals surface area (Å²) >= 11 is 0. The first-order valence-corrected chi connectivity index (χ1v) is 8.68. The van der Waals surface area contributed by atoms with Crippen molar-refractivity contribution in [2.45, 2.75) is 0 Å². The zero-order chi connectivity index (χ0) is 17.8. The minimum absolute atomic E-state index is 0.730. The van der Waals surface area contributed by atoms with Crippen molar-refractivity contribution in [2.24, 2.45) is 0 Å². The highest BCUT2D eigenvalue weighted by Gasteiger charge is 2.14. The third kappa shape index (κ3) is 3.78. The number of hydrogen-bond donors (Lipinski definition) is 1. The number of nitrogens with zero attached hydrogens (tertiary/aromatic N) is 6. The van der Waals surface area contributed by atoms with Crippen LogP contribution in [0.15, 0.2) is 55.1 Å². The first kappa shape index (κ1) is 16.4. The molecule has 0 aliphatic carbocycles. The summed E-state index contributed by atoms with van der Waals surface area (Å²) in [5.74, 6) is 1.50. The Labute approximate surface area is 152 Å². The van der Waals surface area contributed by atoms with E-state index in [0.29, 0.717) is 0 Å². The van der Waals surface area contributed by atoms with Crippen LogP contribution in [0.25, 0.3) is 11.4 Å². The average molecular weight is 347 g/mol. The highest BCUT2D eigenvalue weighted by Crippen LogP contribution is 2.20. The van der Waals surface area contributed by atoms with Crippen molar-refractivity contribution in [3.63, 3.8) is 0 Å². The molecule has 0 amide bonds. The van der Waals surface area contributed by atoms with Crippen LogP contribution >= 0.6 is 0 Å². The first-order chi connectivity index (χ1) is 12.8. The van der Waals surface area contributed by atoms with Crippen LogP contribution in [0.4, 0.5) is 17.3 Å². The van der Waals surface area contributed by atoms with Crippen LogP contribution < -0.4 is 10.2 Å². The topological polar surface area (TPSA) is 70.1 Å². The lowest BCUT2D eigenvalue weighted by Gasteiger charge is -2.33. The molecule has 1 aliphatic rings. The van der Waals surface area contributed by atoms with Crippen molar-refractivity contribution in [3.8, 4) is 11.4 Å². The maximum atomic E-state index is 4.59. The van der Waals surface area contributed by atoms with E-state index in [9.17, 15) is 0 Å². The standard InChI is InChI=1S/C19H21N7/c1-25-9-11-26(12-10-25)15-5-6-18(22-13-15)24-19-4-2-3-16(23-19)17-14-20-7-8-21-17/h2-8,13-14H,9-12H2,1H3,(H,22,23,24). The van der Waals surface area contributed by atoms with Gasteiger partial charge in [-0.3, -0.25) is 9.97 Å². The van der Waals surface area contributed by atoms with Gasteiger partial charge in [-0.1, -0.05) is 6.07 Å². The summed E-state index contributed by atoms with van der Waals surface area (Å²) in [6, 6.07) is 9.87. The smallest absolute Gasteiger partial charge is 0.132 e. The summed E-state index contributed by atoms with van der Waals surface area (Å²) in [6.07, 6.45) is 6.93. The fourth-order valence-corrected chi connectivity index (χ4v) is 2.92. The molecule has 0 radical (unpaired) electrons. The molecule has 4 heterocycles. The maximum Gasteiger partial charge on any atom is 0.132 e. The molecule has 7 heteroatoms. The minimum atomic E-state index is 0.730. The van der Waals surface area contributed by atoms with Crippen molar-refractivity contribution in [1.29, 1.82) is 0 Å². The Morgan fingerprint density at radius 2 is 1.73 bits per heavy atom. The zero-order valence-corrected chi connectivity index (χ0v) is 14.7. The van der Waals surface area contributed by atoms with E-state index in [1.54, 1.807) is 18.6 Å².